The molecule has 0 aliphatic carbocycles. The van der Waals surface area contributed by atoms with Gasteiger partial charge in [-0.05, 0) is 60.4 Å². The van der Waals surface area contributed by atoms with Gasteiger partial charge in [0.1, 0.15) is 5.58 Å². The van der Waals surface area contributed by atoms with E-state index < -0.39 is 5.97 Å². The zero-order valence-corrected chi connectivity index (χ0v) is 15.4. The van der Waals surface area contributed by atoms with Gasteiger partial charge in [0.05, 0.1) is 11.3 Å². The Kier molecular flexibility index (Phi) is 4.32. The molecule has 4 nitrogen and oxygen atoms in total. The molecular weight excluding hydrogens is 338 g/mol. The summed E-state index contributed by atoms with van der Waals surface area (Å²) in [6, 6.07) is 17.2. The molecule has 2 aromatic heterocycles. The van der Waals surface area contributed by atoms with Crippen LogP contribution in [0.2, 0.25) is 0 Å². The van der Waals surface area contributed by atoms with Crippen LogP contribution in [0.25, 0.3) is 33.7 Å². The van der Waals surface area contributed by atoms with Crippen LogP contribution >= 0.6 is 0 Å². The lowest BCUT2D eigenvalue weighted by molar-refractivity contribution is 0.0697. The summed E-state index contributed by atoms with van der Waals surface area (Å²) in [5.41, 5.74) is 6.45. The number of hydrogen-bond acceptors (Lipinski definition) is 2. The molecule has 4 rings (SSSR count). The predicted molar refractivity (Wildman–Crippen MR) is 107 cm³/mol. The second kappa shape index (κ2) is 6.80. The molecule has 2 heterocycles. The Balaban J connectivity index is 1.71. The van der Waals surface area contributed by atoms with Crippen molar-refractivity contribution in [1.82, 2.24) is 4.98 Å². The number of aryl methyl sites for hydroxylation is 2. The number of benzene rings is 2. The Bertz CT molecular complexity index is 1120. The zero-order chi connectivity index (χ0) is 19.0. The smallest absolute Gasteiger partial charge is 0.335 e. The Morgan fingerprint density at radius 1 is 1.04 bits per heavy atom. The molecule has 0 saturated heterocycles. The van der Waals surface area contributed by atoms with Crippen LogP contribution in [-0.4, -0.2) is 16.1 Å². The van der Waals surface area contributed by atoms with Crippen LogP contribution < -0.4 is 0 Å². The summed E-state index contributed by atoms with van der Waals surface area (Å²) in [7, 11) is 0. The monoisotopic (exact) mass is 359 g/mol. The van der Waals surface area contributed by atoms with Crippen LogP contribution in [0.15, 0.2) is 59.0 Å². The molecule has 2 N–H and O–H groups in total. The number of furan rings is 1. The fourth-order valence-electron chi connectivity index (χ4n) is 3.41. The van der Waals surface area contributed by atoms with Gasteiger partial charge in [0.2, 0.25) is 0 Å². The Labute approximate surface area is 157 Å². The number of fused-ring (bicyclic) bond motifs is 1. The van der Waals surface area contributed by atoms with Gasteiger partial charge < -0.3 is 14.5 Å². The van der Waals surface area contributed by atoms with E-state index in [1.54, 1.807) is 24.3 Å². The van der Waals surface area contributed by atoms with E-state index in [4.69, 9.17) is 9.52 Å². The minimum atomic E-state index is -0.922. The lowest BCUT2D eigenvalue weighted by Crippen LogP contribution is -1.94. The van der Waals surface area contributed by atoms with E-state index in [9.17, 15) is 4.79 Å². The third-order valence-corrected chi connectivity index (χ3v) is 4.90. The molecule has 0 saturated carbocycles. The Morgan fingerprint density at radius 2 is 1.78 bits per heavy atom. The van der Waals surface area contributed by atoms with Gasteiger partial charge in [-0.3, -0.25) is 0 Å². The number of hydrogen-bond donors (Lipinski definition) is 2. The van der Waals surface area contributed by atoms with E-state index in [0.29, 0.717) is 0 Å². The molecule has 2 aromatic carbocycles. The van der Waals surface area contributed by atoms with Gasteiger partial charge in [0, 0.05) is 11.1 Å². The molecule has 0 radical (unpaired) electrons. The number of aromatic carboxylic acids is 1. The number of carboxylic acid groups (broad SMARTS) is 1. The van der Waals surface area contributed by atoms with Crippen LogP contribution in [0.5, 0.6) is 0 Å². The third-order valence-electron chi connectivity index (χ3n) is 4.90. The summed E-state index contributed by atoms with van der Waals surface area (Å²) >= 11 is 0. The molecule has 0 aliphatic heterocycles. The average molecular weight is 359 g/mol. The Hall–Kier alpha value is -3.27. The molecule has 0 unspecified atom stereocenters. The van der Waals surface area contributed by atoms with Crippen LogP contribution in [0, 0.1) is 6.92 Å². The highest BCUT2D eigenvalue weighted by atomic mass is 16.4. The first kappa shape index (κ1) is 17.2. The van der Waals surface area contributed by atoms with Crippen molar-refractivity contribution in [1.29, 1.82) is 0 Å². The average Bonchev–Trinajstić information content (AvgIpc) is 3.32. The number of rotatable bonds is 5. The summed E-state index contributed by atoms with van der Waals surface area (Å²) in [4.78, 5) is 14.4. The van der Waals surface area contributed by atoms with E-state index in [1.165, 1.54) is 11.1 Å². The molecule has 27 heavy (non-hydrogen) atoms. The summed E-state index contributed by atoms with van der Waals surface area (Å²) in [5, 5.41) is 10.2. The molecule has 0 amide bonds. The van der Waals surface area contributed by atoms with Crippen molar-refractivity contribution >= 4 is 16.9 Å². The molecule has 136 valence electrons. The van der Waals surface area contributed by atoms with Crippen molar-refractivity contribution in [2.24, 2.45) is 0 Å². The number of carbonyl (C=O) groups is 1. The maximum Gasteiger partial charge on any atom is 0.335 e. The minimum absolute atomic E-state index is 0.279. The summed E-state index contributed by atoms with van der Waals surface area (Å²) in [6.07, 6.45) is 2.07. The molecule has 0 atom stereocenters. The highest BCUT2D eigenvalue weighted by molar-refractivity contribution is 5.89. The van der Waals surface area contributed by atoms with E-state index in [0.717, 1.165) is 46.5 Å². The second-order valence-corrected chi connectivity index (χ2v) is 6.81. The summed E-state index contributed by atoms with van der Waals surface area (Å²) in [5.74, 6) is -0.112. The molecule has 0 spiro atoms. The van der Waals surface area contributed by atoms with E-state index in [2.05, 4.69) is 37.0 Å². The topological polar surface area (TPSA) is 66.2 Å². The van der Waals surface area contributed by atoms with E-state index in [-0.39, 0.29) is 5.56 Å². The standard InChI is InChI=1S/C23H21NO3/c1-3-4-16-6-5-14(2)18-13-21(27-22(16)18)20-12-11-19(24-20)15-7-9-17(10-8-15)23(25)26/h5-13,24H,3-4H2,1-2H3,(H,25,26). The number of nitrogens with one attached hydrogen (secondary N) is 1. The number of aromatic amines is 1. The molecule has 0 fully saturated rings. The summed E-state index contributed by atoms with van der Waals surface area (Å²) < 4.78 is 6.21. The number of H-pyrrole nitrogens is 1. The van der Waals surface area contributed by atoms with Crippen LogP contribution in [0.1, 0.15) is 34.8 Å². The predicted octanol–water partition coefficient (Wildman–Crippen LogP) is 6.05. The van der Waals surface area contributed by atoms with Gasteiger partial charge in [0.25, 0.3) is 0 Å². The first-order chi connectivity index (χ1) is 13.1. The highest BCUT2D eigenvalue weighted by Gasteiger charge is 2.13. The molecule has 0 bridgehead atoms. The quantitative estimate of drug-likeness (QED) is 0.455. The fraction of sp³-hybridized carbons (Fsp3) is 0.174. The van der Waals surface area contributed by atoms with Crippen molar-refractivity contribution in [2.75, 3.05) is 0 Å². The molecule has 4 heteroatoms. The van der Waals surface area contributed by atoms with Gasteiger partial charge in [-0.15, -0.1) is 0 Å². The van der Waals surface area contributed by atoms with Gasteiger partial charge in [-0.2, -0.15) is 0 Å². The maximum absolute atomic E-state index is 11.0. The minimum Gasteiger partial charge on any atom is -0.478 e. The van der Waals surface area contributed by atoms with Crippen molar-refractivity contribution in [3.05, 3.63) is 71.3 Å². The van der Waals surface area contributed by atoms with Crippen molar-refractivity contribution in [3.63, 3.8) is 0 Å². The summed E-state index contributed by atoms with van der Waals surface area (Å²) in [6.45, 7) is 4.27. The van der Waals surface area contributed by atoms with Crippen LogP contribution in [0.3, 0.4) is 0 Å². The normalized spacial score (nSPS) is 11.2. The van der Waals surface area contributed by atoms with Gasteiger partial charge in [-0.25, -0.2) is 4.79 Å². The van der Waals surface area contributed by atoms with Gasteiger partial charge >= 0.3 is 5.97 Å². The second-order valence-electron chi connectivity index (χ2n) is 6.81. The van der Waals surface area contributed by atoms with Gasteiger partial charge in [0.15, 0.2) is 5.76 Å². The van der Waals surface area contributed by atoms with Crippen molar-refractivity contribution in [2.45, 2.75) is 26.7 Å². The highest BCUT2D eigenvalue weighted by Crippen LogP contribution is 2.33. The number of aromatic nitrogens is 1. The van der Waals surface area contributed by atoms with Crippen molar-refractivity contribution in [3.8, 4) is 22.7 Å². The fourth-order valence-corrected chi connectivity index (χ4v) is 3.41. The Morgan fingerprint density at radius 3 is 2.48 bits per heavy atom. The molecule has 4 aromatic rings. The maximum atomic E-state index is 11.0. The largest absolute Gasteiger partial charge is 0.478 e. The van der Waals surface area contributed by atoms with E-state index in [1.807, 2.05) is 12.1 Å². The lowest BCUT2D eigenvalue weighted by Gasteiger charge is -2.02. The molecular formula is C23H21NO3. The molecule has 0 aliphatic rings. The number of carboxylic acids is 1. The van der Waals surface area contributed by atoms with Crippen LogP contribution in [-0.2, 0) is 6.42 Å². The SMILES string of the molecule is CCCc1ccc(C)c2cc(-c3ccc(-c4ccc(C(=O)O)cc4)[nH]3)oc12. The zero-order valence-electron chi connectivity index (χ0n) is 15.4. The third kappa shape index (κ3) is 3.14. The van der Waals surface area contributed by atoms with Crippen LogP contribution in [0.4, 0.5) is 0 Å². The first-order valence-corrected chi connectivity index (χ1v) is 9.12. The van der Waals surface area contributed by atoms with Gasteiger partial charge in [-0.1, -0.05) is 37.6 Å². The van der Waals surface area contributed by atoms with Crippen molar-refractivity contribution < 1.29 is 14.3 Å². The van der Waals surface area contributed by atoms with E-state index >= 15 is 0 Å². The first-order valence-electron chi connectivity index (χ1n) is 9.12. The lowest BCUT2D eigenvalue weighted by atomic mass is 10.0.